The lowest BCUT2D eigenvalue weighted by molar-refractivity contribution is 0.182. The zero-order valence-corrected chi connectivity index (χ0v) is 17.6. The first-order valence-corrected chi connectivity index (χ1v) is 9.21. The predicted molar refractivity (Wildman–Crippen MR) is 110 cm³/mol. The summed E-state index contributed by atoms with van der Waals surface area (Å²) in [7, 11) is 6.74. The van der Waals surface area contributed by atoms with E-state index in [9.17, 15) is 0 Å². The fourth-order valence-corrected chi connectivity index (χ4v) is 2.95. The highest BCUT2D eigenvalue weighted by Gasteiger charge is 2.12. The van der Waals surface area contributed by atoms with Gasteiger partial charge in [0.1, 0.15) is 11.5 Å². The molecule has 0 atom stereocenters. The Morgan fingerprint density at radius 2 is 1.86 bits per heavy atom. The molecule has 0 saturated carbocycles. The number of ether oxygens (including phenoxy) is 3. The largest absolute Gasteiger partial charge is 0.497 e. The van der Waals surface area contributed by atoms with E-state index in [1.54, 1.807) is 28.4 Å². The number of hydrogen-bond acceptors (Lipinski definition) is 5. The monoisotopic (exact) mass is 389 g/mol. The number of aromatic nitrogens is 2. The average Bonchev–Trinajstić information content (AvgIpc) is 2.99. The molecule has 1 aromatic carbocycles. The summed E-state index contributed by atoms with van der Waals surface area (Å²) < 4.78 is 17.8. The van der Waals surface area contributed by atoms with Gasteiger partial charge in [0, 0.05) is 50.1 Å². The highest BCUT2D eigenvalue weighted by molar-refractivity contribution is 5.79. The molecule has 2 N–H and O–H groups in total. The maximum absolute atomic E-state index is 5.45. The molecule has 0 spiro atoms. The van der Waals surface area contributed by atoms with Crippen LogP contribution in [0.3, 0.4) is 0 Å². The first kappa shape index (κ1) is 21.6. The van der Waals surface area contributed by atoms with Crippen LogP contribution in [0.2, 0.25) is 0 Å². The van der Waals surface area contributed by atoms with Crippen LogP contribution in [0.25, 0.3) is 0 Å². The van der Waals surface area contributed by atoms with Gasteiger partial charge in [-0.05, 0) is 26.0 Å². The molecule has 0 aliphatic carbocycles. The van der Waals surface area contributed by atoms with Crippen LogP contribution in [0, 0.1) is 13.8 Å². The van der Waals surface area contributed by atoms with Crippen LogP contribution in [0.1, 0.15) is 22.5 Å². The number of guanidine groups is 1. The summed E-state index contributed by atoms with van der Waals surface area (Å²) in [5.74, 6) is 2.24. The van der Waals surface area contributed by atoms with Crippen LogP contribution in [-0.2, 0) is 24.4 Å². The van der Waals surface area contributed by atoms with Crippen molar-refractivity contribution in [3.8, 4) is 11.5 Å². The molecule has 0 aliphatic heterocycles. The fourth-order valence-electron chi connectivity index (χ4n) is 2.95. The Labute approximate surface area is 166 Å². The van der Waals surface area contributed by atoms with Crippen molar-refractivity contribution >= 4 is 5.96 Å². The van der Waals surface area contributed by atoms with Gasteiger partial charge in [0.2, 0.25) is 0 Å². The van der Waals surface area contributed by atoms with Crippen molar-refractivity contribution in [3.63, 3.8) is 0 Å². The molecule has 0 bridgehead atoms. The summed E-state index contributed by atoms with van der Waals surface area (Å²) >= 11 is 0. The van der Waals surface area contributed by atoms with E-state index in [2.05, 4.69) is 27.6 Å². The minimum absolute atomic E-state index is 0.581. The molecule has 0 saturated heterocycles. The second-order valence-corrected chi connectivity index (χ2v) is 6.32. The molecule has 0 amide bonds. The smallest absolute Gasteiger partial charge is 0.191 e. The summed E-state index contributed by atoms with van der Waals surface area (Å²) in [5, 5.41) is 11.3. The summed E-state index contributed by atoms with van der Waals surface area (Å²) in [5.41, 5.74) is 4.33. The molecule has 154 valence electrons. The summed E-state index contributed by atoms with van der Waals surface area (Å²) in [6.07, 6.45) is 0. The van der Waals surface area contributed by atoms with Gasteiger partial charge in [-0.15, -0.1) is 0 Å². The molecule has 2 rings (SSSR count). The van der Waals surface area contributed by atoms with Crippen LogP contribution < -0.4 is 20.1 Å². The molecule has 8 nitrogen and oxygen atoms in total. The Kier molecular flexibility index (Phi) is 8.13. The molecule has 8 heteroatoms. The van der Waals surface area contributed by atoms with Gasteiger partial charge in [-0.3, -0.25) is 9.67 Å². The number of methoxy groups -OCH3 is 3. The third-order valence-corrected chi connectivity index (χ3v) is 4.64. The summed E-state index contributed by atoms with van der Waals surface area (Å²) in [4.78, 5) is 4.30. The number of nitrogens with one attached hydrogen (secondary N) is 2. The molecule has 1 heterocycles. The second-order valence-electron chi connectivity index (χ2n) is 6.32. The predicted octanol–water partition coefficient (Wildman–Crippen LogP) is 2.03. The highest BCUT2D eigenvalue weighted by atomic mass is 16.5. The lowest BCUT2D eigenvalue weighted by atomic mass is 10.2. The van der Waals surface area contributed by atoms with Crippen molar-refractivity contribution in [2.24, 2.45) is 4.99 Å². The van der Waals surface area contributed by atoms with Crippen LogP contribution >= 0.6 is 0 Å². The molecule has 1 aromatic heterocycles. The first-order chi connectivity index (χ1) is 13.5. The fraction of sp³-hybridized carbons (Fsp3) is 0.500. The van der Waals surface area contributed by atoms with Crippen LogP contribution in [0.4, 0.5) is 0 Å². The number of nitrogens with zero attached hydrogens (tertiary/aromatic N) is 3. The maximum Gasteiger partial charge on any atom is 0.191 e. The first-order valence-electron chi connectivity index (χ1n) is 9.21. The zero-order valence-electron chi connectivity index (χ0n) is 17.6. The van der Waals surface area contributed by atoms with Gasteiger partial charge in [-0.25, -0.2) is 0 Å². The van der Waals surface area contributed by atoms with Gasteiger partial charge < -0.3 is 24.8 Å². The third kappa shape index (κ3) is 5.39. The Morgan fingerprint density at radius 1 is 1.11 bits per heavy atom. The zero-order chi connectivity index (χ0) is 20.5. The quantitative estimate of drug-likeness (QED) is 0.504. The van der Waals surface area contributed by atoms with Crippen molar-refractivity contribution in [1.82, 2.24) is 20.4 Å². The van der Waals surface area contributed by atoms with Crippen LogP contribution in [0.15, 0.2) is 23.2 Å². The molecule has 28 heavy (non-hydrogen) atoms. The van der Waals surface area contributed by atoms with E-state index >= 15 is 0 Å². The molecular formula is C20H31N5O3. The lowest BCUT2D eigenvalue weighted by Gasteiger charge is -2.15. The molecular weight excluding hydrogens is 358 g/mol. The Hall–Kier alpha value is -2.74. The highest BCUT2D eigenvalue weighted by Crippen LogP contribution is 2.24. The normalized spacial score (nSPS) is 11.4. The second kappa shape index (κ2) is 10.6. The van der Waals surface area contributed by atoms with Gasteiger partial charge in [-0.1, -0.05) is 0 Å². The molecule has 2 aromatic rings. The van der Waals surface area contributed by atoms with Gasteiger partial charge in [-0.2, -0.15) is 5.10 Å². The van der Waals surface area contributed by atoms with Gasteiger partial charge in [0.15, 0.2) is 5.96 Å². The lowest BCUT2D eigenvalue weighted by Crippen LogP contribution is -2.36. The topological polar surface area (TPSA) is 81.9 Å². The SMILES string of the molecule is CN=C(NCc1ccc(OC)cc1OC)NCc1c(C)nn(CCOC)c1C. The van der Waals surface area contributed by atoms with E-state index < -0.39 is 0 Å². The van der Waals surface area contributed by atoms with Gasteiger partial charge >= 0.3 is 0 Å². The molecule has 0 unspecified atom stereocenters. The van der Waals surface area contributed by atoms with E-state index in [1.807, 2.05) is 29.8 Å². The minimum atomic E-state index is 0.581. The Balaban J connectivity index is 1.98. The summed E-state index contributed by atoms with van der Waals surface area (Å²) in [6.45, 7) is 6.70. The van der Waals surface area contributed by atoms with Crippen LogP contribution in [-0.4, -0.2) is 50.7 Å². The molecule has 0 fully saturated rings. The average molecular weight is 390 g/mol. The van der Waals surface area contributed by atoms with Crippen molar-refractivity contribution in [3.05, 3.63) is 40.7 Å². The van der Waals surface area contributed by atoms with Crippen molar-refractivity contribution in [1.29, 1.82) is 0 Å². The van der Waals surface area contributed by atoms with E-state index in [1.165, 1.54) is 5.56 Å². The van der Waals surface area contributed by atoms with Gasteiger partial charge in [0.25, 0.3) is 0 Å². The number of rotatable bonds is 9. The Morgan fingerprint density at radius 3 is 2.50 bits per heavy atom. The molecule has 0 radical (unpaired) electrons. The van der Waals surface area contributed by atoms with Gasteiger partial charge in [0.05, 0.1) is 33.1 Å². The van der Waals surface area contributed by atoms with Crippen LogP contribution in [0.5, 0.6) is 11.5 Å². The van der Waals surface area contributed by atoms with E-state index in [0.717, 1.165) is 35.0 Å². The minimum Gasteiger partial charge on any atom is -0.497 e. The molecule has 0 aliphatic rings. The number of benzene rings is 1. The Bertz CT molecular complexity index is 801. The van der Waals surface area contributed by atoms with Crippen molar-refractivity contribution < 1.29 is 14.2 Å². The van der Waals surface area contributed by atoms with E-state index in [0.29, 0.717) is 25.7 Å². The van der Waals surface area contributed by atoms with E-state index in [-0.39, 0.29) is 0 Å². The number of aryl methyl sites for hydroxylation is 1. The number of aliphatic imine (C=N–C) groups is 1. The summed E-state index contributed by atoms with van der Waals surface area (Å²) in [6, 6.07) is 5.76. The van der Waals surface area contributed by atoms with Crippen molar-refractivity contribution in [2.45, 2.75) is 33.5 Å². The van der Waals surface area contributed by atoms with E-state index in [4.69, 9.17) is 14.2 Å². The van der Waals surface area contributed by atoms with Crippen molar-refractivity contribution in [2.75, 3.05) is 35.0 Å². The number of hydrogen-bond donors (Lipinski definition) is 2. The standard InChI is InChI=1S/C20H31N5O3/c1-14-18(15(2)25(24-14)9-10-26-4)13-23-20(21-3)22-12-16-7-8-17(27-5)11-19(16)28-6/h7-8,11H,9-10,12-13H2,1-6H3,(H2,21,22,23). The maximum atomic E-state index is 5.45. The third-order valence-electron chi connectivity index (χ3n) is 4.64.